The molecule has 0 aliphatic carbocycles. The summed E-state index contributed by atoms with van der Waals surface area (Å²) >= 11 is 23.2. The molecule has 2 aromatic carbocycles. The molecule has 0 radical (unpaired) electrons. The third kappa shape index (κ3) is 7.36. The minimum absolute atomic E-state index is 0.110. The summed E-state index contributed by atoms with van der Waals surface area (Å²) in [4.78, 5) is 24.1. The molecule has 1 atom stereocenters. The number of nitrogens with one attached hydrogen (secondary N) is 3. The molecule has 0 aromatic heterocycles. The summed E-state index contributed by atoms with van der Waals surface area (Å²) in [5.74, 6) is -0.851. The van der Waals surface area contributed by atoms with Gasteiger partial charge in [-0.2, -0.15) is 0 Å². The number of ether oxygens (including phenoxy) is 1. The third-order valence-corrected chi connectivity index (χ3v) is 4.44. The number of hydrogen-bond donors (Lipinski definition) is 3. The second-order valence-electron chi connectivity index (χ2n) is 5.71. The van der Waals surface area contributed by atoms with Crippen molar-refractivity contribution in [3.8, 4) is 0 Å². The second-order valence-corrected chi connectivity index (χ2v) is 8.49. The van der Waals surface area contributed by atoms with Crippen molar-refractivity contribution in [1.82, 2.24) is 10.6 Å². The molecular weight excluding hydrogens is 457 g/mol. The number of amides is 1. The van der Waals surface area contributed by atoms with Gasteiger partial charge in [0.1, 0.15) is 6.17 Å². The van der Waals surface area contributed by atoms with E-state index in [-0.39, 0.29) is 5.11 Å². The Balaban J connectivity index is 2.01. The molecule has 29 heavy (non-hydrogen) atoms. The zero-order chi connectivity index (χ0) is 21.4. The highest BCUT2D eigenvalue weighted by molar-refractivity contribution is 7.80. The summed E-state index contributed by atoms with van der Waals surface area (Å²) in [5.41, 5.74) is 1.40. The maximum atomic E-state index is 12.4. The van der Waals surface area contributed by atoms with Gasteiger partial charge in [0.25, 0.3) is 5.91 Å². The molecular formula is C19H18Cl3N3O3S. The number of thiocarbonyl (C=S) groups is 1. The maximum Gasteiger partial charge on any atom is 0.338 e. The summed E-state index contributed by atoms with van der Waals surface area (Å²) in [6, 6.07) is 15.0. The zero-order valence-corrected chi connectivity index (χ0v) is 18.3. The Morgan fingerprint density at radius 1 is 1.00 bits per heavy atom. The number of anilines is 1. The molecule has 0 aliphatic rings. The Morgan fingerprint density at radius 3 is 2.17 bits per heavy atom. The normalized spacial score (nSPS) is 11.9. The highest BCUT2D eigenvalue weighted by atomic mass is 35.6. The van der Waals surface area contributed by atoms with Crippen LogP contribution in [0.1, 0.15) is 27.6 Å². The highest BCUT2D eigenvalue weighted by Gasteiger charge is 2.34. The number of carbonyl (C=O) groups excluding carboxylic acids is 2. The van der Waals surface area contributed by atoms with Gasteiger partial charge in [0.2, 0.25) is 3.79 Å². The molecule has 1 amide bonds. The van der Waals surface area contributed by atoms with Crippen molar-refractivity contribution in [2.24, 2.45) is 0 Å². The van der Waals surface area contributed by atoms with E-state index in [9.17, 15) is 9.59 Å². The molecule has 3 N–H and O–H groups in total. The van der Waals surface area contributed by atoms with E-state index in [1.54, 1.807) is 61.5 Å². The van der Waals surface area contributed by atoms with Crippen molar-refractivity contribution in [2.45, 2.75) is 16.9 Å². The first-order chi connectivity index (χ1) is 13.7. The molecule has 10 heteroatoms. The summed E-state index contributed by atoms with van der Waals surface area (Å²) in [6.07, 6.45) is -1.10. The Hall–Kier alpha value is -2.06. The van der Waals surface area contributed by atoms with Crippen LogP contribution in [0.5, 0.6) is 0 Å². The second kappa shape index (κ2) is 10.6. The molecule has 0 bridgehead atoms. The lowest BCUT2D eigenvalue weighted by molar-refractivity contribution is 0.0526. The van der Waals surface area contributed by atoms with Crippen LogP contribution >= 0.6 is 47.0 Å². The molecule has 2 rings (SSSR count). The van der Waals surface area contributed by atoms with Crippen molar-refractivity contribution in [1.29, 1.82) is 0 Å². The molecule has 0 saturated carbocycles. The number of halogens is 3. The molecule has 0 heterocycles. The lowest BCUT2D eigenvalue weighted by Gasteiger charge is -2.27. The van der Waals surface area contributed by atoms with E-state index in [1.165, 1.54) is 0 Å². The molecule has 6 nitrogen and oxygen atoms in total. The van der Waals surface area contributed by atoms with Gasteiger partial charge in [0.15, 0.2) is 5.11 Å². The van der Waals surface area contributed by atoms with Gasteiger partial charge in [-0.25, -0.2) is 4.79 Å². The van der Waals surface area contributed by atoms with Gasteiger partial charge >= 0.3 is 5.97 Å². The Bertz CT molecular complexity index is 858. The fourth-order valence-corrected chi connectivity index (χ4v) is 2.77. The minimum atomic E-state index is -1.87. The first-order valence-corrected chi connectivity index (χ1v) is 10.0. The van der Waals surface area contributed by atoms with Crippen molar-refractivity contribution in [3.05, 3.63) is 65.7 Å². The number of hydrogen-bond acceptors (Lipinski definition) is 4. The largest absolute Gasteiger partial charge is 0.462 e. The average Bonchev–Trinajstić information content (AvgIpc) is 2.68. The molecule has 0 fully saturated rings. The van der Waals surface area contributed by atoms with Crippen LogP contribution in [0.15, 0.2) is 54.6 Å². The average molecular weight is 475 g/mol. The Kier molecular flexibility index (Phi) is 8.52. The fraction of sp³-hybridized carbons (Fsp3) is 0.211. The molecule has 154 valence electrons. The van der Waals surface area contributed by atoms with E-state index in [0.29, 0.717) is 23.4 Å². The van der Waals surface area contributed by atoms with E-state index >= 15 is 0 Å². The van der Waals surface area contributed by atoms with Crippen LogP contribution in [0.4, 0.5) is 5.69 Å². The summed E-state index contributed by atoms with van der Waals surface area (Å²) in [6.45, 7) is 2.02. The number of alkyl halides is 3. The van der Waals surface area contributed by atoms with E-state index in [2.05, 4.69) is 16.0 Å². The van der Waals surface area contributed by atoms with Gasteiger partial charge in [-0.1, -0.05) is 53.0 Å². The number of esters is 1. The van der Waals surface area contributed by atoms with Crippen LogP contribution in [0, 0.1) is 0 Å². The number of rotatable bonds is 6. The van der Waals surface area contributed by atoms with Gasteiger partial charge in [-0.3, -0.25) is 4.79 Å². The molecule has 0 spiro atoms. The Morgan fingerprint density at radius 2 is 1.62 bits per heavy atom. The topological polar surface area (TPSA) is 79.5 Å². The van der Waals surface area contributed by atoms with Crippen LogP contribution in [-0.4, -0.2) is 33.6 Å². The highest BCUT2D eigenvalue weighted by Crippen LogP contribution is 2.29. The van der Waals surface area contributed by atoms with Crippen molar-refractivity contribution in [2.75, 3.05) is 11.9 Å². The van der Waals surface area contributed by atoms with E-state index in [1.807, 2.05) is 0 Å². The third-order valence-electron chi connectivity index (χ3n) is 3.57. The monoisotopic (exact) mass is 473 g/mol. The SMILES string of the molecule is CCOC(=O)c1ccc(NC(=S)NC(NC(=O)c2ccccc2)C(Cl)(Cl)Cl)cc1. The van der Waals surface area contributed by atoms with Gasteiger partial charge in [0, 0.05) is 11.3 Å². The molecule has 1 unspecified atom stereocenters. The predicted octanol–water partition coefficient (Wildman–Crippen LogP) is 4.28. The van der Waals surface area contributed by atoms with Crippen molar-refractivity contribution < 1.29 is 14.3 Å². The molecule has 2 aromatic rings. The summed E-state index contributed by atoms with van der Waals surface area (Å²) in [7, 11) is 0. The van der Waals surface area contributed by atoms with Gasteiger partial charge in [0.05, 0.1) is 12.2 Å². The van der Waals surface area contributed by atoms with Gasteiger partial charge in [-0.15, -0.1) is 0 Å². The zero-order valence-electron chi connectivity index (χ0n) is 15.2. The van der Waals surface area contributed by atoms with E-state index in [4.69, 9.17) is 51.8 Å². The smallest absolute Gasteiger partial charge is 0.338 e. The van der Waals surface area contributed by atoms with E-state index < -0.39 is 21.8 Å². The Labute approximate surface area is 188 Å². The number of benzene rings is 2. The van der Waals surface area contributed by atoms with Crippen molar-refractivity contribution in [3.63, 3.8) is 0 Å². The van der Waals surface area contributed by atoms with Crippen LogP contribution < -0.4 is 16.0 Å². The van der Waals surface area contributed by atoms with Crippen LogP contribution in [-0.2, 0) is 4.74 Å². The minimum Gasteiger partial charge on any atom is -0.462 e. The first kappa shape index (κ1) is 23.2. The maximum absolute atomic E-state index is 12.4. The van der Waals surface area contributed by atoms with Gasteiger partial charge < -0.3 is 20.7 Å². The fourth-order valence-electron chi connectivity index (χ4n) is 2.21. The summed E-state index contributed by atoms with van der Waals surface area (Å²) in [5, 5.41) is 8.36. The predicted molar refractivity (Wildman–Crippen MR) is 120 cm³/mol. The lowest BCUT2D eigenvalue weighted by atomic mass is 10.2. The standard InChI is InChI=1S/C19H18Cl3N3O3S/c1-2-28-16(27)13-8-10-14(11-9-13)23-18(29)25-17(19(20,21)22)24-15(26)12-6-4-3-5-7-12/h3-11,17H,2H2,1H3,(H,24,26)(H2,23,25,29). The van der Waals surface area contributed by atoms with Crippen LogP contribution in [0.2, 0.25) is 0 Å². The molecule has 0 saturated heterocycles. The quantitative estimate of drug-likeness (QED) is 0.251. The van der Waals surface area contributed by atoms with Crippen molar-refractivity contribution >= 4 is 69.7 Å². The number of carbonyl (C=O) groups is 2. The lowest BCUT2D eigenvalue weighted by Crippen LogP contribution is -2.56. The first-order valence-electron chi connectivity index (χ1n) is 8.48. The van der Waals surface area contributed by atoms with Crippen LogP contribution in [0.25, 0.3) is 0 Å². The van der Waals surface area contributed by atoms with E-state index in [0.717, 1.165) is 0 Å². The molecule has 0 aliphatic heterocycles. The summed E-state index contributed by atoms with van der Waals surface area (Å²) < 4.78 is 3.06. The van der Waals surface area contributed by atoms with Crippen LogP contribution in [0.3, 0.4) is 0 Å². The van der Waals surface area contributed by atoms with Gasteiger partial charge in [-0.05, 0) is 55.5 Å².